The fourth-order valence-corrected chi connectivity index (χ4v) is 2.87. The minimum absolute atomic E-state index is 0.108. The molecule has 1 fully saturated rings. The van der Waals surface area contributed by atoms with Gasteiger partial charge in [0, 0.05) is 18.7 Å². The SMILES string of the molecule is O=C(c1nc(-c2ccccc2)nc2c1OCCO2)N1CCCC1. The van der Waals surface area contributed by atoms with Crippen LogP contribution in [-0.2, 0) is 0 Å². The number of benzene rings is 1. The quantitative estimate of drug-likeness (QED) is 0.850. The van der Waals surface area contributed by atoms with Crippen LogP contribution in [0.25, 0.3) is 11.4 Å². The summed E-state index contributed by atoms with van der Waals surface area (Å²) in [6, 6.07) is 9.58. The van der Waals surface area contributed by atoms with Crippen LogP contribution in [0.2, 0.25) is 0 Å². The van der Waals surface area contributed by atoms with Gasteiger partial charge in [0.25, 0.3) is 11.8 Å². The molecule has 0 saturated carbocycles. The van der Waals surface area contributed by atoms with Crippen LogP contribution in [-0.4, -0.2) is 47.1 Å². The number of likely N-dealkylation sites (tertiary alicyclic amines) is 1. The molecule has 0 N–H and O–H groups in total. The van der Waals surface area contributed by atoms with Crippen molar-refractivity contribution in [3.05, 3.63) is 36.0 Å². The minimum atomic E-state index is -0.108. The Morgan fingerprint density at radius 2 is 1.74 bits per heavy atom. The summed E-state index contributed by atoms with van der Waals surface area (Å²) < 4.78 is 11.2. The Hall–Kier alpha value is -2.63. The molecule has 23 heavy (non-hydrogen) atoms. The van der Waals surface area contributed by atoms with Gasteiger partial charge in [0.2, 0.25) is 5.75 Å². The Morgan fingerprint density at radius 1 is 1.00 bits per heavy atom. The third kappa shape index (κ3) is 2.60. The van der Waals surface area contributed by atoms with Gasteiger partial charge in [-0.3, -0.25) is 4.79 Å². The van der Waals surface area contributed by atoms with E-state index in [1.54, 1.807) is 0 Å². The van der Waals surface area contributed by atoms with Crippen LogP contribution in [0.15, 0.2) is 30.3 Å². The van der Waals surface area contributed by atoms with Crippen LogP contribution in [0.3, 0.4) is 0 Å². The number of ether oxygens (including phenoxy) is 2. The molecule has 1 saturated heterocycles. The maximum absolute atomic E-state index is 12.8. The fraction of sp³-hybridized carbons (Fsp3) is 0.353. The van der Waals surface area contributed by atoms with E-state index in [1.165, 1.54) is 0 Å². The lowest BCUT2D eigenvalue weighted by atomic mass is 10.2. The minimum Gasteiger partial charge on any atom is -0.483 e. The molecule has 3 heterocycles. The van der Waals surface area contributed by atoms with Crippen LogP contribution in [0.5, 0.6) is 11.6 Å². The molecule has 0 radical (unpaired) electrons. The molecule has 2 aliphatic rings. The number of rotatable bonds is 2. The van der Waals surface area contributed by atoms with Crippen LogP contribution in [0.4, 0.5) is 0 Å². The average Bonchev–Trinajstić information content (AvgIpc) is 3.15. The maximum atomic E-state index is 12.8. The number of nitrogens with zero attached hydrogens (tertiary/aromatic N) is 3. The molecule has 0 atom stereocenters. The van der Waals surface area contributed by atoms with E-state index < -0.39 is 0 Å². The molecule has 0 bridgehead atoms. The molecule has 1 aromatic heterocycles. The Balaban J connectivity index is 1.81. The smallest absolute Gasteiger partial charge is 0.276 e. The highest BCUT2D eigenvalue weighted by Gasteiger charge is 2.29. The number of hydrogen-bond donors (Lipinski definition) is 0. The number of aromatic nitrogens is 2. The van der Waals surface area contributed by atoms with Crippen molar-refractivity contribution >= 4 is 5.91 Å². The standard InChI is InChI=1S/C17H17N3O3/c21-17(20-8-4-5-9-20)13-14-16(23-11-10-22-14)19-15(18-13)12-6-2-1-3-7-12/h1-3,6-7H,4-5,8-11H2. The highest BCUT2D eigenvalue weighted by molar-refractivity contribution is 5.96. The maximum Gasteiger partial charge on any atom is 0.276 e. The zero-order valence-corrected chi connectivity index (χ0v) is 12.7. The van der Waals surface area contributed by atoms with Crippen LogP contribution >= 0.6 is 0 Å². The molecule has 6 heteroatoms. The van der Waals surface area contributed by atoms with Gasteiger partial charge in [-0.15, -0.1) is 0 Å². The zero-order chi connectivity index (χ0) is 15.6. The van der Waals surface area contributed by atoms with Gasteiger partial charge < -0.3 is 14.4 Å². The fourth-order valence-electron chi connectivity index (χ4n) is 2.87. The highest BCUT2D eigenvalue weighted by Crippen LogP contribution is 2.34. The van der Waals surface area contributed by atoms with Gasteiger partial charge in [-0.2, -0.15) is 4.98 Å². The van der Waals surface area contributed by atoms with Crippen molar-refractivity contribution in [2.24, 2.45) is 0 Å². The lowest BCUT2D eigenvalue weighted by molar-refractivity contribution is 0.0773. The molecule has 6 nitrogen and oxygen atoms in total. The van der Waals surface area contributed by atoms with E-state index in [0.717, 1.165) is 31.5 Å². The van der Waals surface area contributed by atoms with E-state index in [2.05, 4.69) is 9.97 Å². The van der Waals surface area contributed by atoms with Crippen LogP contribution in [0, 0.1) is 0 Å². The molecular weight excluding hydrogens is 294 g/mol. The van der Waals surface area contributed by atoms with Crippen LogP contribution < -0.4 is 9.47 Å². The summed E-state index contributed by atoms with van der Waals surface area (Å²) in [5.41, 5.74) is 1.15. The molecule has 2 aromatic rings. The highest BCUT2D eigenvalue weighted by atomic mass is 16.6. The second kappa shape index (κ2) is 5.87. The predicted molar refractivity (Wildman–Crippen MR) is 83.6 cm³/mol. The topological polar surface area (TPSA) is 64.5 Å². The second-order valence-corrected chi connectivity index (χ2v) is 5.59. The number of hydrogen-bond acceptors (Lipinski definition) is 5. The number of fused-ring (bicyclic) bond motifs is 1. The van der Waals surface area contributed by atoms with Gasteiger partial charge in [0.15, 0.2) is 11.5 Å². The molecule has 4 rings (SSSR count). The van der Waals surface area contributed by atoms with E-state index in [-0.39, 0.29) is 5.91 Å². The van der Waals surface area contributed by atoms with Gasteiger partial charge in [-0.05, 0) is 12.8 Å². The molecule has 0 unspecified atom stereocenters. The summed E-state index contributed by atoms with van der Waals surface area (Å²) in [6.07, 6.45) is 2.06. The first kappa shape index (κ1) is 14.0. The van der Waals surface area contributed by atoms with E-state index in [1.807, 2.05) is 35.2 Å². The summed E-state index contributed by atoms with van der Waals surface area (Å²) in [6.45, 7) is 2.36. The summed E-state index contributed by atoms with van der Waals surface area (Å²) >= 11 is 0. The first-order chi connectivity index (χ1) is 11.3. The predicted octanol–water partition coefficient (Wildman–Crippen LogP) is 2.15. The largest absolute Gasteiger partial charge is 0.483 e. The normalized spacial score (nSPS) is 16.4. The van der Waals surface area contributed by atoms with Gasteiger partial charge in [0.05, 0.1) is 0 Å². The Kier molecular flexibility index (Phi) is 3.57. The van der Waals surface area contributed by atoms with Crippen molar-refractivity contribution in [2.45, 2.75) is 12.8 Å². The first-order valence-corrected chi connectivity index (χ1v) is 7.85. The summed E-state index contributed by atoms with van der Waals surface area (Å²) in [5.74, 6) is 1.10. The van der Waals surface area contributed by atoms with E-state index in [9.17, 15) is 4.79 Å². The Morgan fingerprint density at radius 3 is 2.52 bits per heavy atom. The van der Waals surface area contributed by atoms with Crippen molar-refractivity contribution in [1.29, 1.82) is 0 Å². The van der Waals surface area contributed by atoms with E-state index >= 15 is 0 Å². The number of carbonyl (C=O) groups is 1. The van der Waals surface area contributed by atoms with Crippen molar-refractivity contribution in [3.8, 4) is 23.0 Å². The first-order valence-electron chi connectivity index (χ1n) is 7.85. The molecule has 1 amide bonds. The van der Waals surface area contributed by atoms with Gasteiger partial charge >= 0.3 is 0 Å². The average molecular weight is 311 g/mol. The number of amides is 1. The number of carbonyl (C=O) groups excluding carboxylic acids is 1. The molecular formula is C17H17N3O3. The van der Waals surface area contributed by atoms with Crippen molar-refractivity contribution < 1.29 is 14.3 Å². The molecule has 1 aromatic carbocycles. The lowest BCUT2D eigenvalue weighted by Gasteiger charge is -2.22. The monoisotopic (exact) mass is 311 g/mol. The van der Waals surface area contributed by atoms with Gasteiger partial charge in [-0.25, -0.2) is 4.98 Å². The summed E-state index contributed by atoms with van der Waals surface area (Å²) in [7, 11) is 0. The van der Waals surface area contributed by atoms with Crippen molar-refractivity contribution in [3.63, 3.8) is 0 Å². The van der Waals surface area contributed by atoms with E-state index in [4.69, 9.17) is 9.47 Å². The van der Waals surface area contributed by atoms with Gasteiger partial charge in [-0.1, -0.05) is 30.3 Å². The third-order valence-corrected chi connectivity index (χ3v) is 4.03. The lowest BCUT2D eigenvalue weighted by Crippen LogP contribution is -2.30. The Labute approximate surface area is 134 Å². The van der Waals surface area contributed by atoms with Crippen molar-refractivity contribution in [1.82, 2.24) is 14.9 Å². The summed E-state index contributed by atoms with van der Waals surface area (Å²) in [4.78, 5) is 23.5. The zero-order valence-electron chi connectivity index (χ0n) is 12.7. The van der Waals surface area contributed by atoms with Crippen LogP contribution in [0.1, 0.15) is 23.3 Å². The molecule has 0 spiro atoms. The molecule has 0 aliphatic carbocycles. The molecule has 118 valence electrons. The third-order valence-electron chi connectivity index (χ3n) is 4.03. The Bertz CT molecular complexity index is 727. The van der Waals surface area contributed by atoms with E-state index in [0.29, 0.717) is 36.4 Å². The van der Waals surface area contributed by atoms with Crippen molar-refractivity contribution in [2.75, 3.05) is 26.3 Å². The summed E-state index contributed by atoms with van der Waals surface area (Å²) in [5, 5.41) is 0. The van der Waals surface area contributed by atoms with Gasteiger partial charge in [0.1, 0.15) is 13.2 Å². The second-order valence-electron chi connectivity index (χ2n) is 5.59. The molecule has 2 aliphatic heterocycles.